The lowest BCUT2D eigenvalue weighted by Gasteiger charge is -1.97. The highest BCUT2D eigenvalue weighted by Gasteiger charge is 2.07. The Bertz CT molecular complexity index is 337. The Labute approximate surface area is 76.3 Å². The molecule has 1 rings (SSSR count). The van der Waals surface area contributed by atoms with Crippen LogP contribution in [0.2, 0.25) is 0 Å². The summed E-state index contributed by atoms with van der Waals surface area (Å²) in [7, 11) is 0. The second kappa shape index (κ2) is 3.44. The lowest BCUT2D eigenvalue weighted by Crippen LogP contribution is -1.96. The van der Waals surface area contributed by atoms with Gasteiger partial charge in [-0.25, -0.2) is 4.79 Å². The first-order valence-electron chi connectivity index (χ1n) is 3.01. The van der Waals surface area contributed by atoms with Crippen LogP contribution in [-0.4, -0.2) is 11.1 Å². The molecule has 0 radical (unpaired) electrons. The van der Waals surface area contributed by atoms with Crippen molar-refractivity contribution in [3.8, 4) is 0 Å². The first-order chi connectivity index (χ1) is 5.65. The van der Waals surface area contributed by atoms with Gasteiger partial charge in [-0.15, -0.1) is 4.91 Å². The van der Waals surface area contributed by atoms with Crippen LogP contribution in [-0.2, 0) is 0 Å². The first kappa shape index (κ1) is 8.86. The summed E-state index contributed by atoms with van der Waals surface area (Å²) in [5, 5.41) is 11.2. The maximum absolute atomic E-state index is 10.5. The number of nitrogens with zero attached hydrogens (tertiary/aromatic N) is 1. The Morgan fingerprint density at radius 2 is 2.17 bits per heavy atom. The minimum Gasteiger partial charge on any atom is -0.478 e. The SMILES string of the molecule is O=Nc1ccc(C(=O)O)c(Br)c1. The third-order valence-corrected chi connectivity index (χ3v) is 1.94. The Morgan fingerprint density at radius 1 is 1.50 bits per heavy atom. The van der Waals surface area contributed by atoms with Crippen molar-refractivity contribution in [1.82, 2.24) is 0 Å². The van der Waals surface area contributed by atoms with Crippen LogP contribution >= 0.6 is 15.9 Å². The number of carboxylic acids is 1. The van der Waals surface area contributed by atoms with Gasteiger partial charge in [0.05, 0.1) is 5.56 Å². The van der Waals surface area contributed by atoms with Crippen LogP contribution in [0.15, 0.2) is 27.8 Å². The van der Waals surface area contributed by atoms with Gasteiger partial charge >= 0.3 is 5.97 Å². The van der Waals surface area contributed by atoms with E-state index in [0.29, 0.717) is 4.47 Å². The molecule has 0 spiro atoms. The number of hydrogen-bond acceptors (Lipinski definition) is 3. The van der Waals surface area contributed by atoms with Crippen molar-refractivity contribution in [1.29, 1.82) is 0 Å². The van der Waals surface area contributed by atoms with Crippen molar-refractivity contribution in [2.75, 3.05) is 0 Å². The van der Waals surface area contributed by atoms with E-state index in [1.54, 1.807) is 0 Å². The van der Waals surface area contributed by atoms with Crippen molar-refractivity contribution in [3.63, 3.8) is 0 Å². The summed E-state index contributed by atoms with van der Waals surface area (Å²) < 4.78 is 0.354. The van der Waals surface area contributed by atoms with Gasteiger partial charge in [0.1, 0.15) is 5.69 Å². The fourth-order valence-electron chi connectivity index (χ4n) is 0.734. The molecule has 1 N–H and O–H groups in total. The van der Waals surface area contributed by atoms with Crippen LogP contribution in [0.5, 0.6) is 0 Å². The molecule has 12 heavy (non-hydrogen) atoms. The standard InChI is InChI=1S/C7H4BrNO3/c8-6-3-4(9-12)1-2-5(6)7(10)11/h1-3H,(H,10,11). The highest BCUT2D eigenvalue weighted by molar-refractivity contribution is 9.10. The molecule has 0 saturated carbocycles. The Morgan fingerprint density at radius 3 is 2.58 bits per heavy atom. The van der Waals surface area contributed by atoms with Crippen molar-refractivity contribution in [2.24, 2.45) is 5.18 Å². The Kier molecular flexibility index (Phi) is 2.54. The zero-order valence-electron chi connectivity index (χ0n) is 5.82. The number of nitroso groups, excluding NO2 is 1. The number of hydrogen-bond donors (Lipinski definition) is 1. The monoisotopic (exact) mass is 229 g/mol. The lowest BCUT2D eigenvalue weighted by atomic mass is 10.2. The molecule has 0 atom stereocenters. The molecule has 62 valence electrons. The third-order valence-electron chi connectivity index (χ3n) is 1.29. The van der Waals surface area contributed by atoms with Crippen LogP contribution < -0.4 is 0 Å². The molecule has 0 saturated heterocycles. The smallest absolute Gasteiger partial charge is 0.336 e. The summed E-state index contributed by atoms with van der Waals surface area (Å²) in [4.78, 5) is 20.5. The zero-order valence-corrected chi connectivity index (χ0v) is 7.41. The minimum absolute atomic E-state index is 0.113. The van der Waals surface area contributed by atoms with Crippen LogP contribution in [0.3, 0.4) is 0 Å². The molecule has 0 fully saturated rings. The van der Waals surface area contributed by atoms with Gasteiger partial charge in [0, 0.05) is 4.47 Å². The summed E-state index contributed by atoms with van der Waals surface area (Å²) in [6, 6.07) is 4.03. The Balaban J connectivity index is 3.20. The van der Waals surface area contributed by atoms with E-state index in [1.807, 2.05) is 0 Å². The highest BCUT2D eigenvalue weighted by Crippen LogP contribution is 2.22. The number of aromatic carboxylic acids is 1. The van der Waals surface area contributed by atoms with Crippen LogP contribution in [0, 0.1) is 4.91 Å². The van der Waals surface area contributed by atoms with Gasteiger partial charge in [0.15, 0.2) is 0 Å². The molecule has 1 aromatic rings. The van der Waals surface area contributed by atoms with Crippen molar-refractivity contribution in [2.45, 2.75) is 0 Å². The van der Waals surface area contributed by atoms with E-state index in [4.69, 9.17) is 5.11 Å². The topological polar surface area (TPSA) is 66.7 Å². The second-order valence-corrected chi connectivity index (χ2v) is 2.91. The van der Waals surface area contributed by atoms with Gasteiger partial charge in [-0.05, 0) is 39.3 Å². The van der Waals surface area contributed by atoms with Crippen molar-refractivity contribution in [3.05, 3.63) is 33.1 Å². The molecule has 0 unspecified atom stereocenters. The summed E-state index contributed by atoms with van der Waals surface area (Å²) >= 11 is 3.01. The normalized spacial score (nSPS) is 9.42. The molecule has 0 aliphatic rings. The fourth-order valence-corrected chi connectivity index (χ4v) is 1.27. The fraction of sp³-hybridized carbons (Fsp3) is 0. The molecule has 0 amide bonds. The van der Waals surface area contributed by atoms with E-state index in [-0.39, 0.29) is 11.3 Å². The number of rotatable bonds is 2. The summed E-state index contributed by atoms with van der Waals surface area (Å²) in [5.74, 6) is -1.04. The Hall–Kier alpha value is -1.23. The van der Waals surface area contributed by atoms with Gasteiger partial charge in [-0.3, -0.25) is 0 Å². The number of carbonyl (C=O) groups is 1. The van der Waals surface area contributed by atoms with E-state index in [2.05, 4.69) is 21.1 Å². The van der Waals surface area contributed by atoms with Crippen LogP contribution in [0.1, 0.15) is 10.4 Å². The van der Waals surface area contributed by atoms with Gasteiger partial charge in [-0.1, -0.05) is 0 Å². The van der Waals surface area contributed by atoms with Gasteiger partial charge in [-0.2, -0.15) is 0 Å². The molecule has 5 heteroatoms. The zero-order chi connectivity index (χ0) is 9.14. The van der Waals surface area contributed by atoms with Gasteiger partial charge in [0.2, 0.25) is 0 Å². The summed E-state index contributed by atoms with van der Waals surface area (Å²) in [6.07, 6.45) is 0. The van der Waals surface area contributed by atoms with E-state index in [9.17, 15) is 9.70 Å². The number of benzene rings is 1. The third kappa shape index (κ3) is 1.68. The molecular weight excluding hydrogens is 226 g/mol. The average molecular weight is 230 g/mol. The predicted octanol–water partition coefficient (Wildman–Crippen LogP) is 2.55. The second-order valence-electron chi connectivity index (χ2n) is 2.06. The van der Waals surface area contributed by atoms with Crippen LogP contribution in [0.25, 0.3) is 0 Å². The molecule has 0 aromatic heterocycles. The molecule has 4 nitrogen and oxygen atoms in total. The van der Waals surface area contributed by atoms with Crippen molar-refractivity contribution < 1.29 is 9.90 Å². The first-order valence-corrected chi connectivity index (χ1v) is 3.80. The van der Waals surface area contributed by atoms with E-state index in [0.717, 1.165) is 0 Å². The van der Waals surface area contributed by atoms with Gasteiger partial charge in [0.25, 0.3) is 0 Å². The van der Waals surface area contributed by atoms with Crippen LogP contribution in [0.4, 0.5) is 5.69 Å². The van der Waals surface area contributed by atoms with E-state index < -0.39 is 5.97 Å². The molecule has 0 aliphatic carbocycles. The highest BCUT2D eigenvalue weighted by atomic mass is 79.9. The average Bonchev–Trinajstić information content (AvgIpc) is 2.03. The molecule has 1 aromatic carbocycles. The quantitative estimate of drug-likeness (QED) is 0.793. The van der Waals surface area contributed by atoms with Gasteiger partial charge < -0.3 is 5.11 Å². The molecule has 0 aliphatic heterocycles. The number of halogens is 1. The lowest BCUT2D eigenvalue weighted by molar-refractivity contribution is 0.0696. The predicted molar refractivity (Wildman–Crippen MR) is 46.6 cm³/mol. The van der Waals surface area contributed by atoms with E-state index >= 15 is 0 Å². The maximum atomic E-state index is 10.5. The molecule has 0 bridgehead atoms. The largest absolute Gasteiger partial charge is 0.478 e. The minimum atomic E-state index is -1.04. The van der Waals surface area contributed by atoms with E-state index in [1.165, 1.54) is 18.2 Å². The molecule has 0 heterocycles. The molecular formula is C7H4BrNO3. The maximum Gasteiger partial charge on any atom is 0.336 e. The number of carboxylic acid groups (broad SMARTS) is 1. The summed E-state index contributed by atoms with van der Waals surface area (Å²) in [5.41, 5.74) is 0.314. The van der Waals surface area contributed by atoms with Crippen molar-refractivity contribution >= 4 is 27.6 Å². The summed E-state index contributed by atoms with van der Waals surface area (Å²) in [6.45, 7) is 0.